The van der Waals surface area contributed by atoms with E-state index in [2.05, 4.69) is 19.9 Å². The average molecular weight is 140 g/mol. The third kappa shape index (κ3) is 1.60. The predicted octanol–water partition coefficient (Wildman–Crippen LogP) is 2.12. The Morgan fingerprint density at radius 3 is 2.80 bits per heavy atom. The fourth-order valence-corrected chi connectivity index (χ4v) is 1.27. The van der Waals surface area contributed by atoms with E-state index in [-0.39, 0.29) is 5.41 Å². The minimum Gasteiger partial charge on any atom is -0.396 e. The van der Waals surface area contributed by atoms with Crippen LogP contribution in [0.25, 0.3) is 0 Å². The normalized spacial score (nSPS) is 33.7. The van der Waals surface area contributed by atoms with Gasteiger partial charge in [0.1, 0.15) is 0 Å². The van der Waals surface area contributed by atoms with Crippen molar-refractivity contribution < 1.29 is 5.11 Å². The summed E-state index contributed by atoms with van der Waals surface area (Å²) in [5.41, 5.74) is 1.66. The molecular weight excluding hydrogens is 124 g/mol. The second-order valence-corrected chi connectivity index (χ2v) is 3.72. The Hall–Kier alpha value is -0.300. The van der Waals surface area contributed by atoms with Gasteiger partial charge in [0.2, 0.25) is 0 Å². The van der Waals surface area contributed by atoms with Crippen LogP contribution in [0, 0.1) is 5.41 Å². The molecule has 0 aromatic carbocycles. The molecule has 0 bridgehead atoms. The van der Waals surface area contributed by atoms with E-state index >= 15 is 0 Å². The molecule has 1 aliphatic rings. The molecule has 0 saturated heterocycles. The lowest BCUT2D eigenvalue weighted by Crippen LogP contribution is -2.22. The highest BCUT2D eigenvalue weighted by molar-refractivity contribution is 5.05. The van der Waals surface area contributed by atoms with E-state index in [9.17, 15) is 0 Å². The Balaban J connectivity index is 2.56. The summed E-state index contributed by atoms with van der Waals surface area (Å²) in [5.74, 6) is 0. The maximum absolute atomic E-state index is 9.01. The van der Waals surface area contributed by atoms with Crippen LogP contribution in [0.2, 0.25) is 0 Å². The van der Waals surface area contributed by atoms with E-state index in [1.54, 1.807) is 0 Å². The van der Waals surface area contributed by atoms with Gasteiger partial charge in [0, 0.05) is 6.61 Å². The van der Waals surface area contributed by atoms with Gasteiger partial charge in [-0.15, -0.1) is 0 Å². The van der Waals surface area contributed by atoms with Crippen LogP contribution in [0.1, 0.15) is 33.1 Å². The van der Waals surface area contributed by atoms with Gasteiger partial charge < -0.3 is 5.11 Å². The molecule has 0 unspecified atom stereocenters. The standard InChI is InChI=1S/C9H16O/c1-8-3-5-9(2,7-10)6-4-8/h3,10H,4-7H2,1-2H3/t9-/m0/s1. The fourth-order valence-electron chi connectivity index (χ4n) is 1.27. The first-order valence-electron chi connectivity index (χ1n) is 3.93. The predicted molar refractivity (Wildman–Crippen MR) is 42.8 cm³/mol. The van der Waals surface area contributed by atoms with Crippen molar-refractivity contribution >= 4 is 0 Å². The van der Waals surface area contributed by atoms with E-state index in [1.807, 2.05) is 0 Å². The maximum atomic E-state index is 9.01. The molecule has 0 aromatic heterocycles. The van der Waals surface area contributed by atoms with Crippen molar-refractivity contribution in [2.45, 2.75) is 33.1 Å². The topological polar surface area (TPSA) is 20.2 Å². The SMILES string of the molecule is CC1=CC[C@](C)(CO)CC1. The van der Waals surface area contributed by atoms with Crippen LogP contribution in [-0.4, -0.2) is 11.7 Å². The van der Waals surface area contributed by atoms with E-state index in [0.717, 1.165) is 19.3 Å². The molecule has 1 nitrogen and oxygen atoms in total. The van der Waals surface area contributed by atoms with Crippen molar-refractivity contribution in [2.75, 3.05) is 6.61 Å². The summed E-state index contributed by atoms with van der Waals surface area (Å²) in [4.78, 5) is 0. The Kier molecular flexibility index (Phi) is 2.14. The zero-order valence-electron chi connectivity index (χ0n) is 6.85. The van der Waals surface area contributed by atoms with Crippen molar-refractivity contribution in [3.63, 3.8) is 0 Å². The molecule has 0 saturated carbocycles. The molecule has 0 amide bonds. The Labute approximate surface area is 62.8 Å². The lowest BCUT2D eigenvalue weighted by atomic mass is 9.78. The minimum atomic E-state index is 0.180. The van der Waals surface area contributed by atoms with Gasteiger partial charge in [-0.25, -0.2) is 0 Å². The maximum Gasteiger partial charge on any atom is 0.0487 e. The number of allylic oxidation sites excluding steroid dienone is 2. The Morgan fingerprint density at radius 2 is 2.40 bits per heavy atom. The molecule has 1 atom stereocenters. The summed E-state index contributed by atoms with van der Waals surface area (Å²) in [6.45, 7) is 4.64. The van der Waals surface area contributed by atoms with Gasteiger partial charge in [0.25, 0.3) is 0 Å². The molecule has 0 radical (unpaired) electrons. The molecular formula is C9H16O. The summed E-state index contributed by atoms with van der Waals surface area (Å²) in [5, 5.41) is 9.01. The fraction of sp³-hybridized carbons (Fsp3) is 0.778. The van der Waals surface area contributed by atoms with Crippen LogP contribution in [0.3, 0.4) is 0 Å². The molecule has 58 valence electrons. The van der Waals surface area contributed by atoms with Gasteiger partial charge in [-0.2, -0.15) is 0 Å². The van der Waals surface area contributed by atoms with Crippen LogP contribution < -0.4 is 0 Å². The van der Waals surface area contributed by atoms with Gasteiger partial charge in [-0.1, -0.05) is 18.6 Å². The summed E-state index contributed by atoms with van der Waals surface area (Å²) in [6, 6.07) is 0. The monoisotopic (exact) mass is 140 g/mol. The number of aliphatic hydroxyl groups is 1. The highest BCUT2D eigenvalue weighted by Crippen LogP contribution is 2.33. The lowest BCUT2D eigenvalue weighted by Gasteiger charge is -2.29. The molecule has 0 aliphatic heterocycles. The van der Waals surface area contributed by atoms with Crippen LogP contribution >= 0.6 is 0 Å². The largest absolute Gasteiger partial charge is 0.396 e. The van der Waals surface area contributed by atoms with Gasteiger partial charge in [0.05, 0.1) is 0 Å². The number of hydrogen-bond donors (Lipinski definition) is 1. The first kappa shape index (κ1) is 7.80. The van der Waals surface area contributed by atoms with Crippen molar-refractivity contribution in [1.29, 1.82) is 0 Å². The zero-order valence-corrected chi connectivity index (χ0v) is 6.85. The quantitative estimate of drug-likeness (QED) is 0.553. The van der Waals surface area contributed by atoms with Crippen molar-refractivity contribution in [3.8, 4) is 0 Å². The number of aliphatic hydroxyl groups excluding tert-OH is 1. The van der Waals surface area contributed by atoms with Gasteiger partial charge in [-0.3, -0.25) is 0 Å². The van der Waals surface area contributed by atoms with Gasteiger partial charge in [0.15, 0.2) is 0 Å². The zero-order chi connectivity index (χ0) is 7.61. The van der Waals surface area contributed by atoms with Crippen LogP contribution in [0.15, 0.2) is 11.6 Å². The van der Waals surface area contributed by atoms with E-state index in [0.29, 0.717) is 6.61 Å². The summed E-state index contributed by atoms with van der Waals surface area (Å²) in [6.07, 6.45) is 5.61. The van der Waals surface area contributed by atoms with Crippen LogP contribution in [-0.2, 0) is 0 Å². The lowest BCUT2D eigenvalue weighted by molar-refractivity contribution is 0.130. The minimum absolute atomic E-state index is 0.180. The molecule has 1 rings (SSSR count). The third-order valence-corrected chi connectivity index (χ3v) is 2.45. The smallest absolute Gasteiger partial charge is 0.0487 e. The first-order chi connectivity index (χ1) is 4.66. The Morgan fingerprint density at radius 1 is 1.70 bits per heavy atom. The molecule has 0 spiro atoms. The molecule has 0 fully saturated rings. The summed E-state index contributed by atoms with van der Waals surface area (Å²) in [7, 11) is 0. The van der Waals surface area contributed by atoms with E-state index < -0.39 is 0 Å². The summed E-state index contributed by atoms with van der Waals surface area (Å²) >= 11 is 0. The highest BCUT2D eigenvalue weighted by atomic mass is 16.3. The van der Waals surface area contributed by atoms with Gasteiger partial charge in [-0.05, 0) is 31.6 Å². The molecule has 1 heteroatoms. The van der Waals surface area contributed by atoms with Gasteiger partial charge >= 0.3 is 0 Å². The van der Waals surface area contributed by atoms with Crippen molar-refractivity contribution in [1.82, 2.24) is 0 Å². The van der Waals surface area contributed by atoms with E-state index in [4.69, 9.17) is 5.11 Å². The van der Waals surface area contributed by atoms with Crippen LogP contribution in [0.4, 0.5) is 0 Å². The second kappa shape index (κ2) is 2.75. The van der Waals surface area contributed by atoms with Crippen molar-refractivity contribution in [2.24, 2.45) is 5.41 Å². The molecule has 10 heavy (non-hydrogen) atoms. The van der Waals surface area contributed by atoms with E-state index in [1.165, 1.54) is 5.57 Å². The molecule has 1 aliphatic carbocycles. The second-order valence-electron chi connectivity index (χ2n) is 3.72. The van der Waals surface area contributed by atoms with Crippen LogP contribution in [0.5, 0.6) is 0 Å². The number of hydrogen-bond acceptors (Lipinski definition) is 1. The molecule has 0 aromatic rings. The van der Waals surface area contributed by atoms with Crippen molar-refractivity contribution in [3.05, 3.63) is 11.6 Å². The number of rotatable bonds is 1. The third-order valence-electron chi connectivity index (χ3n) is 2.45. The average Bonchev–Trinajstić information content (AvgIpc) is 1.96. The summed E-state index contributed by atoms with van der Waals surface area (Å²) < 4.78 is 0. The highest BCUT2D eigenvalue weighted by Gasteiger charge is 2.24. The molecule has 0 heterocycles. The first-order valence-corrected chi connectivity index (χ1v) is 3.93. The Bertz CT molecular complexity index is 149. The molecule has 1 N–H and O–H groups in total.